The Labute approximate surface area is 125 Å². The maximum Gasteiger partial charge on any atom is 0.140 e. The van der Waals surface area contributed by atoms with E-state index in [1.807, 2.05) is 16.8 Å². The Morgan fingerprint density at radius 3 is 3.05 bits per heavy atom. The van der Waals surface area contributed by atoms with Gasteiger partial charge < -0.3 is 10.1 Å². The van der Waals surface area contributed by atoms with E-state index in [4.69, 9.17) is 4.74 Å². The summed E-state index contributed by atoms with van der Waals surface area (Å²) in [6.07, 6.45) is 2.81. The molecule has 1 aromatic carbocycles. The lowest BCUT2D eigenvalue weighted by Crippen LogP contribution is -2.30. The molecule has 0 aliphatic carbocycles. The zero-order valence-corrected chi connectivity index (χ0v) is 12.6. The molecule has 3 rings (SSSR count). The molecule has 1 atom stereocenters. The van der Waals surface area contributed by atoms with Gasteiger partial charge in [0.2, 0.25) is 0 Å². The minimum atomic E-state index is 0.212. The standard InChI is InChI=1S/C16H22N4O/c1-12(2)10-20-16(18-11-19-20)9-17-8-14-7-13-5-3-4-6-15(13)21-14/h3-6,11-12,14,17H,7-10H2,1-2H3. The highest BCUT2D eigenvalue weighted by molar-refractivity contribution is 5.37. The normalized spacial score (nSPS) is 17.0. The van der Waals surface area contributed by atoms with Crippen LogP contribution in [0.15, 0.2) is 30.6 Å². The summed E-state index contributed by atoms with van der Waals surface area (Å²) in [5.41, 5.74) is 1.30. The second-order valence-corrected chi connectivity index (χ2v) is 5.93. The van der Waals surface area contributed by atoms with E-state index < -0.39 is 0 Å². The number of fused-ring (bicyclic) bond motifs is 1. The molecule has 5 nitrogen and oxygen atoms in total. The number of rotatable bonds is 6. The highest BCUT2D eigenvalue weighted by Crippen LogP contribution is 2.27. The Morgan fingerprint density at radius 1 is 1.38 bits per heavy atom. The van der Waals surface area contributed by atoms with Gasteiger partial charge in [-0.05, 0) is 17.5 Å². The number of nitrogens with zero attached hydrogens (tertiary/aromatic N) is 3. The molecule has 0 saturated carbocycles. The lowest BCUT2D eigenvalue weighted by atomic mass is 10.1. The largest absolute Gasteiger partial charge is 0.488 e. The Morgan fingerprint density at radius 2 is 2.24 bits per heavy atom. The van der Waals surface area contributed by atoms with E-state index in [0.29, 0.717) is 5.92 Å². The van der Waals surface area contributed by atoms with Crippen molar-refractivity contribution in [1.29, 1.82) is 0 Å². The lowest BCUT2D eigenvalue weighted by Gasteiger charge is -2.13. The van der Waals surface area contributed by atoms with E-state index in [2.05, 4.69) is 41.4 Å². The van der Waals surface area contributed by atoms with E-state index in [9.17, 15) is 0 Å². The first-order valence-corrected chi connectivity index (χ1v) is 7.54. The molecule has 1 N–H and O–H groups in total. The molecule has 1 aliphatic heterocycles. The van der Waals surface area contributed by atoms with E-state index in [-0.39, 0.29) is 6.10 Å². The number of benzene rings is 1. The smallest absolute Gasteiger partial charge is 0.140 e. The number of hydrogen-bond acceptors (Lipinski definition) is 4. The fourth-order valence-corrected chi connectivity index (χ4v) is 2.64. The van der Waals surface area contributed by atoms with Crippen LogP contribution in [0.3, 0.4) is 0 Å². The van der Waals surface area contributed by atoms with Crippen molar-refractivity contribution in [2.45, 2.75) is 39.5 Å². The fraction of sp³-hybridized carbons (Fsp3) is 0.500. The second kappa shape index (κ2) is 6.26. The van der Waals surface area contributed by atoms with Crippen LogP contribution in [0.2, 0.25) is 0 Å². The molecule has 2 aromatic rings. The molecule has 0 bridgehead atoms. The van der Waals surface area contributed by atoms with Gasteiger partial charge in [0.25, 0.3) is 0 Å². The van der Waals surface area contributed by atoms with Gasteiger partial charge in [0, 0.05) is 19.5 Å². The van der Waals surface area contributed by atoms with Crippen LogP contribution in [-0.4, -0.2) is 27.4 Å². The van der Waals surface area contributed by atoms with Crippen molar-refractivity contribution < 1.29 is 4.74 Å². The van der Waals surface area contributed by atoms with Crippen LogP contribution < -0.4 is 10.1 Å². The van der Waals surface area contributed by atoms with Gasteiger partial charge in [-0.1, -0.05) is 32.0 Å². The molecule has 0 radical (unpaired) electrons. The monoisotopic (exact) mass is 286 g/mol. The molecule has 1 aliphatic rings. The van der Waals surface area contributed by atoms with E-state index in [1.54, 1.807) is 6.33 Å². The van der Waals surface area contributed by atoms with Gasteiger partial charge >= 0.3 is 0 Å². The average molecular weight is 286 g/mol. The van der Waals surface area contributed by atoms with Crippen LogP contribution in [0, 0.1) is 5.92 Å². The zero-order valence-electron chi connectivity index (χ0n) is 12.6. The topological polar surface area (TPSA) is 52.0 Å². The molecule has 0 saturated heterocycles. The highest BCUT2D eigenvalue weighted by atomic mass is 16.5. The number of hydrogen-bond donors (Lipinski definition) is 1. The van der Waals surface area contributed by atoms with Gasteiger partial charge in [0.15, 0.2) is 0 Å². The highest BCUT2D eigenvalue weighted by Gasteiger charge is 2.21. The van der Waals surface area contributed by atoms with Gasteiger partial charge in [-0.2, -0.15) is 5.10 Å². The number of para-hydroxylation sites is 1. The van der Waals surface area contributed by atoms with Crippen molar-refractivity contribution in [2.75, 3.05) is 6.54 Å². The van der Waals surface area contributed by atoms with Crippen LogP contribution in [0.5, 0.6) is 5.75 Å². The quantitative estimate of drug-likeness (QED) is 0.883. The molecule has 2 heterocycles. The summed E-state index contributed by atoms with van der Waals surface area (Å²) in [7, 11) is 0. The van der Waals surface area contributed by atoms with Gasteiger partial charge in [0.05, 0.1) is 6.54 Å². The summed E-state index contributed by atoms with van der Waals surface area (Å²) in [6, 6.07) is 8.25. The lowest BCUT2D eigenvalue weighted by molar-refractivity contribution is 0.226. The van der Waals surface area contributed by atoms with Gasteiger partial charge in [-0.25, -0.2) is 9.67 Å². The third-order valence-electron chi connectivity index (χ3n) is 3.60. The minimum absolute atomic E-state index is 0.212. The van der Waals surface area contributed by atoms with Crippen LogP contribution in [0.25, 0.3) is 0 Å². The van der Waals surface area contributed by atoms with Gasteiger partial charge in [-0.15, -0.1) is 0 Å². The number of aromatic nitrogens is 3. The first-order valence-electron chi connectivity index (χ1n) is 7.54. The summed E-state index contributed by atoms with van der Waals surface area (Å²) in [5.74, 6) is 2.57. The van der Waals surface area contributed by atoms with E-state index in [0.717, 1.165) is 37.6 Å². The van der Waals surface area contributed by atoms with Crippen molar-refractivity contribution in [3.8, 4) is 5.75 Å². The summed E-state index contributed by atoms with van der Waals surface area (Å²) in [6.45, 7) is 6.82. The predicted octanol–water partition coefficient (Wildman–Crippen LogP) is 2.03. The summed E-state index contributed by atoms with van der Waals surface area (Å²) >= 11 is 0. The molecule has 1 aromatic heterocycles. The third kappa shape index (κ3) is 3.42. The van der Waals surface area contributed by atoms with Crippen molar-refractivity contribution in [3.05, 3.63) is 42.0 Å². The number of nitrogens with one attached hydrogen (secondary N) is 1. The Bertz CT molecular complexity index is 568. The first kappa shape index (κ1) is 14.1. The van der Waals surface area contributed by atoms with Crippen molar-refractivity contribution in [1.82, 2.24) is 20.1 Å². The van der Waals surface area contributed by atoms with Gasteiger partial charge in [0.1, 0.15) is 24.0 Å². The number of ether oxygens (including phenoxy) is 1. The first-order chi connectivity index (χ1) is 10.2. The fourth-order valence-electron chi connectivity index (χ4n) is 2.64. The van der Waals surface area contributed by atoms with Crippen molar-refractivity contribution in [3.63, 3.8) is 0 Å². The van der Waals surface area contributed by atoms with Crippen molar-refractivity contribution in [2.24, 2.45) is 5.92 Å². The Kier molecular flexibility index (Phi) is 4.20. The molecular weight excluding hydrogens is 264 g/mol. The molecular formula is C16H22N4O. The Balaban J connectivity index is 1.48. The summed E-state index contributed by atoms with van der Waals surface area (Å²) < 4.78 is 7.89. The van der Waals surface area contributed by atoms with Crippen LogP contribution in [-0.2, 0) is 19.5 Å². The van der Waals surface area contributed by atoms with Crippen LogP contribution in [0.4, 0.5) is 0 Å². The minimum Gasteiger partial charge on any atom is -0.488 e. The maximum atomic E-state index is 5.92. The summed E-state index contributed by atoms with van der Waals surface area (Å²) in [4.78, 5) is 4.32. The molecule has 0 spiro atoms. The molecule has 21 heavy (non-hydrogen) atoms. The molecule has 0 amide bonds. The molecule has 112 valence electrons. The van der Waals surface area contributed by atoms with Crippen molar-refractivity contribution >= 4 is 0 Å². The van der Waals surface area contributed by atoms with E-state index in [1.165, 1.54) is 5.56 Å². The zero-order chi connectivity index (χ0) is 14.7. The molecule has 0 fully saturated rings. The Hall–Kier alpha value is -1.88. The molecule has 5 heteroatoms. The van der Waals surface area contributed by atoms with E-state index >= 15 is 0 Å². The predicted molar refractivity (Wildman–Crippen MR) is 81.1 cm³/mol. The maximum absolute atomic E-state index is 5.92. The third-order valence-corrected chi connectivity index (χ3v) is 3.60. The second-order valence-electron chi connectivity index (χ2n) is 5.93. The van der Waals surface area contributed by atoms with Crippen LogP contribution in [0.1, 0.15) is 25.2 Å². The average Bonchev–Trinajstić information content (AvgIpc) is 3.05. The van der Waals surface area contributed by atoms with Gasteiger partial charge in [-0.3, -0.25) is 0 Å². The molecule has 1 unspecified atom stereocenters. The van der Waals surface area contributed by atoms with Crippen LogP contribution >= 0.6 is 0 Å². The SMILES string of the molecule is CC(C)Cn1ncnc1CNCC1Cc2ccccc2O1. The summed E-state index contributed by atoms with van der Waals surface area (Å²) in [5, 5.41) is 7.70.